The van der Waals surface area contributed by atoms with Gasteiger partial charge in [0.25, 0.3) is 0 Å². The first kappa shape index (κ1) is 14.5. The Hall–Kier alpha value is -1.58. The van der Waals surface area contributed by atoms with E-state index >= 15 is 0 Å². The molecule has 0 aliphatic heterocycles. The molecule has 4 nitrogen and oxygen atoms in total. The van der Waals surface area contributed by atoms with Gasteiger partial charge in [-0.2, -0.15) is 0 Å². The number of allylic oxidation sites excluding steroid dienone is 1. The maximum atomic E-state index is 11.7. The van der Waals surface area contributed by atoms with Crippen LogP contribution in [0.15, 0.2) is 24.0 Å². The van der Waals surface area contributed by atoms with Gasteiger partial charge in [0.15, 0.2) is 0 Å². The Bertz CT molecular complexity index is 362. The molecule has 0 saturated heterocycles. The molecule has 0 unspecified atom stereocenters. The minimum Gasteiger partial charge on any atom is -0.463 e. The van der Waals surface area contributed by atoms with E-state index in [1.165, 1.54) is 26.4 Å². The van der Waals surface area contributed by atoms with Gasteiger partial charge in [-0.1, -0.05) is 25.3 Å². The second-order valence-corrected chi connectivity index (χ2v) is 4.55. The molecule has 0 amide bonds. The van der Waals surface area contributed by atoms with Gasteiger partial charge in [-0.25, -0.2) is 9.59 Å². The Balaban J connectivity index is 2.52. The molecule has 0 atom stereocenters. The number of hydrogen-bond acceptors (Lipinski definition) is 4. The molecule has 0 heterocycles. The lowest BCUT2D eigenvalue weighted by Crippen LogP contribution is -2.14. The van der Waals surface area contributed by atoms with Crippen LogP contribution in [0.3, 0.4) is 0 Å². The van der Waals surface area contributed by atoms with Crippen molar-refractivity contribution < 1.29 is 19.1 Å². The first-order valence-corrected chi connectivity index (χ1v) is 6.22. The summed E-state index contributed by atoms with van der Waals surface area (Å²) in [7, 11) is 1.21. The number of carbonyl (C=O) groups is 2. The number of rotatable bonds is 4. The second kappa shape index (κ2) is 6.99. The molecule has 18 heavy (non-hydrogen) atoms. The Morgan fingerprint density at radius 1 is 1.17 bits per heavy atom. The van der Waals surface area contributed by atoms with Crippen molar-refractivity contribution in [1.82, 2.24) is 0 Å². The predicted octanol–water partition coefficient (Wildman–Crippen LogP) is 2.74. The van der Waals surface area contributed by atoms with Crippen LogP contribution < -0.4 is 0 Å². The summed E-state index contributed by atoms with van der Waals surface area (Å²) in [6.07, 6.45) is 7.85. The second-order valence-electron chi connectivity index (χ2n) is 4.55. The summed E-state index contributed by atoms with van der Waals surface area (Å²) >= 11 is 0. The number of carbonyl (C=O) groups excluding carboxylic acids is 2. The Kier molecular flexibility index (Phi) is 5.62. The van der Waals surface area contributed by atoms with E-state index in [2.05, 4.69) is 11.3 Å². The zero-order valence-corrected chi connectivity index (χ0v) is 11.0. The number of methoxy groups -OCH3 is 1. The van der Waals surface area contributed by atoms with E-state index < -0.39 is 11.9 Å². The first-order chi connectivity index (χ1) is 8.54. The number of hydrogen-bond donors (Lipinski definition) is 0. The Morgan fingerprint density at radius 2 is 1.78 bits per heavy atom. The highest BCUT2D eigenvalue weighted by molar-refractivity contribution is 5.94. The van der Waals surface area contributed by atoms with Crippen molar-refractivity contribution in [1.29, 1.82) is 0 Å². The van der Waals surface area contributed by atoms with E-state index in [0.29, 0.717) is 11.5 Å². The molecule has 100 valence electrons. The number of esters is 2. The molecule has 1 rings (SSSR count). The molecule has 1 fully saturated rings. The van der Waals surface area contributed by atoms with Crippen LogP contribution in [0.25, 0.3) is 0 Å². The number of ether oxygens (including phenoxy) is 2. The molecule has 1 aliphatic carbocycles. The average Bonchev–Trinajstić information content (AvgIpc) is 2.38. The fourth-order valence-electron chi connectivity index (χ4n) is 2.07. The molecule has 0 aromatic carbocycles. The smallest absolute Gasteiger partial charge is 0.373 e. The lowest BCUT2D eigenvalue weighted by molar-refractivity contribution is -0.147. The van der Waals surface area contributed by atoms with E-state index in [0.717, 1.165) is 12.8 Å². The lowest BCUT2D eigenvalue weighted by atomic mass is 9.88. The molecule has 0 aromatic rings. The van der Waals surface area contributed by atoms with Gasteiger partial charge >= 0.3 is 11.9 Å². The summed E-state index contributed by atoms with van der Waals surface area (Å²) in [5.74, 6) is -1.10. The largest absolute Gasteiger partial charge is 0.463 e. The summed E-state index contributed by atoms with van der Waals surface area (Å²) in [5, 5.41) is 0. The molecular formula is C14H20O4. The Labute approximate surface area is 108 Å². The summed E-state index contributed by atoms with van der Waals surface area (Å²) in [6, 6.07) is 0. The Morgan fingerprint density at radius 3 is 2.33 bits per heavy atom. The van der Waals surface area contributed by atoms with Gasteiger partial charge < -0.3 is 9.47 Å². The molecule has 0 N–H and O–H groups in total. The highest BCUT2D eigenvalue weighted by atomic mass is 16.6. The van der Waals surface area contributed by atoms with Crippen LogP contribution in [0.1, 0.15) is 39.0 Å². The maximum Gasteiger partial charge on any atom is 0.373 e. The minimum atomic E-state index is -0.728. The molecule has 0 aromatic heterocycles. The van der Waals surface area contributed by atoms with Gasteiger partial charge in [0.2, 0.25) is 5.76 Å². The van der Waals surface area contributed by atoms with Crippen molar-refractivity contribution in [2.45, 2.75) is 39.0 Å². The van der Waals surface area contributed by atoms with Gasteiger partial charge in [-0.05, 0) is 32.3 Å². The van der Waals surface area contributed by atoms with Crippen LogP contribution in [0.5, 0.6) is 0 Å². The van der Waals surface area contributed by atoms with Gasteiger partial charge in [-0.3, -0.25) is 0 Å². The van der Waals surface area contributed by atoms with Gasteiger partial charge in [-0.15, -0.1) is 0 Å². The first-order valence-electron chi connectivity index (χ1n) is 6.22. The third-order valence-corrected chi connectivity index (χ3v) is 3.09. The zero-order chi connectivity index (χ0) is 13.5. The van der Waals surface area contributed by atoms with E-state index in [1.807, 2.05) is 6.08 Å². The van der Waals surface area contributed by atoms with Crippen LogP contribution in [0.4, 0.5) is 0 Å². The highest BCUT2D eigenvalue weighted by Crippen LogP contribution is 2.25. The lowest BCUT2D eigenvalue weighted by Gasteiger charge is -2.18. The summed E-state index contributed by atoms with van der Waals surface area (Å²) < 4.78 is 9.24. The monoisotopic (exact) mass is 252 g/mol. The summed E-state index contributed by atoms with van der Waals surface area (Å²) in [4.78, 5) is 22.7. The van der Waals surface area contributed by atoms with Gasteiger partial charge in [0.1, 0.15) is 0 Å². The van der Waals surface area contributed by atoms with Crippen molar-refractivity contribution in [2.24, 2.45) is 5.92 Å². The highest BCUT2D eigenvalue weighted by Gasteiger charge is 2.17. The quantitative estimate of drug-likeness (QED) is 0.438. The van der Waals surface area contributed by atoms with E-state index in [4.69, 9.17) is 4.74 Å². The van der Waals surface area contributed by atoms with E-state index in [-0.39, 0.29) is 5.76 Å². The normalized spacial score (nSPS) is 17.1. The fourth-order valence-corrected chi connectivity index (χ4v) is 2.07. The molecule has 4 heteroatoms. The molecular weight excluding hydrogens is 232 g/mol. The third kappa shape index (κ3) is 4.35. The minimum absolute atomic E-state index is 0.279. The average molecular weight is 252 g/mol. The molecule has 0 spiro atoms. The van der Waals surface area contributed by atoms with Crippen LogP contribution >= 0.6 is 0 Å². The molecule has 1 aliphatic rings. The van der Waals surface area contributed by atoms with Crippen molar-refractivity contribution in [3.8, 4) is 0 Å². The molecule has 1 saturated carbocycles. The molecule has 0 bridgehead atoms. The maximum absolute atomic E-state index is 11.7. The van der Waals surface area contributed by atoms with Crippen molar-refractivity contribution in [3.05, 3.63) is 24.0 Å². The van der Waals surface area contributed by atoms with Crippen molar-refractivity contribution >= 4 is 11.9 Å². The van der Waals surface area contributed by atoms with E-state index in [9.17, 15) is 9.59 Å². The van der Waals surface area contributed by atoms with Gasteiger partial charge in [0.05, 0.1) is 7.11 Å². The van der Waals surface area contributed by atoms with Crippen molar-refractivity contribution in [3.63, 3.8) is 0 Å². The fraction of sp³-hybridized carbons (Fsp3) is 0.571. The topological polar surface area (TPSA) is 52.6 Å². The standard InChI is InChI=1S/C14H20O4/c1-10(9-12-7-5-4-6-8-12)13(15)18-11(2)14(16)17-3/h9,12H,2,4-8H2,1,3H3/b10-9+. The van der Waals surface area contributed by atoms with Crippen molar-refractivity contribution in [2.75, 3.05) is 7.11 Å². The predicted molar refractivity (Wildman–Crippen MR) is 67.6 cm³/mol. The zero-order valence-electron chi connectivity index (χ0n) is 11.0. The SMILES string of the molecule is C=C(OC(=O)/C(C)=C/C1CCCCC1)C(=O)OC. The van der Waals surface area contributed by atoms with Crippen LogP contribution in [0, 0.1) is 5.92 Å². The van der Waals surface area contributed by atoms with Crippen LogP contribution in [-0.4, -0.2) is 19.0 Å². The summed E-state index contributed by atoms with van der Waals surface area (Å²) in [5.41, 5.74) is 0.520. The van der Waals surface area contributed by atoms with Crippen LogP contribution in [0.2, 0.25) is 0 Å². The van der Waals surface area contributed by atoms with E-state index in [1.54, 1.807) is 6.92 Å². The molecule has 0 radical (unpaired) electrons. The van der Waals surface area contributed by atoms with Crippen LogP contribution in [-0.2, 0) is 19.1 Å². The summed E-state index contributed by atoms with van der Waals surface area (Å²) in [6.45, 7) is 5.05. The van der Waals surface area contributed by atoms with Gasteiger partial charge in [0, 0.05) is 5.57 Å². The third-order valence-electron chi connectivity index (χ3n) is 3.09.